The highest BCUT2D eigenvalue weighted by Gasteiger charge is 2.10. The van der Waals surface area contributed by atoms with Crippen molar-refractivity contribution in [1.29, 1.82) is 0 Å². The summed E-state index contributed by atoms with van der Waals surface area (Å²) in [5.74, 6) is -0.0879. The zero-order chi connectivity index (χ0) is 10.3. The molecule has 0 rings (SSSR count). The normalized spacial score (nSPS) is 12.1. The fourth-order valence-electron chi connectivity index (χ4n) is 0.528. The van der Waals surface area contributed by atoms with Crippen LogP contribution in [0.2, 0.25) is 0 Å². The molecule has 7 heteroatoms. The summed E-state index contributed by atoms with van der Waals surface area (Å²) < 4.78 is 0. The Balaban J connectivity index is 3.26. The van der Waals surface area contributed by atoms with Crippen molar-refractivity contribution in [1.82, 2.24) is 5.32 Å². The first-order chi connectivity index (χ1) is 6.04. The second kappa shape index (κ2) is 6.55. The monoisotopic (exact) mass is 207 g/mol. The molecule has 0 aromatic heterocycles. The smallest absolute Gasteiger partial charge is 0.321 e. The summed E-state index contributed by atoms with van der Waals surface area (Å²) in [5, 5.41) is 10.8. The molecule has 0 saturated carbocycles. The Morgan fingerprint density at radius 2 is 2.15 bits per heavy atom. The number of carboxylic acids is 1. The van der Waals surface area contributed by atoms with Gasteiger partial charge in [-0.25, -0.2) is 4.79 Å². The molecular formula is C6H13N3O3S. The highest BCUT2D eigenvalue weighted by Crippen LogP contribution is 2.00. The highest BCUT2D eigenvalue weighted by molar-refractivity contribution is 7.99. The molecule has 76 valence electrons. The number of rotatable bonds is 6. The molecule has 0 bridgehead atoms. The van der Waals surface area contributed by atoms with Gasteiger partial charge in [0.05, 0.1) is 0 Å². The number of nitrogens with one attached hydrogen (secondary N) is 1. The summed E-state index contributed by atoms with van der Waals surface area (Å²) >= 11 is 1.36. The maximum atomic E-state index is 10.2. The topological polar surface area (TPSA) is 118 Å². The number of carbonyl (C=O) groups is 2. The summed E-state index contributed by atoms with van der Waals surface area (Å²) in [7, 11) is 0. The van der Waals surface area contributed by atoms with Crippen molar-refractivity contribution in [2.24, 2.45) is 11.5 Å². The zero-order valence-corrected chi connectivity index (χ0v) is 7.84. The van der Waals surface area contributed by atoms with Crippen LogP contribution < -0.4 is 16.8 Å². The van der Waals surface area contributed by atoms with Crippen LogP contribution in [0.1, 0.15) is 0 Å². The van der Waals surface area contributed by atoms with Gasteiger partial charge in [0.1, 0.15) is 6.04 Å². The Hall–Kier alpha value is -0.950. The van der Waals surface area contributed by atoms with Crippen LogP contribution in [-0.2, 0) is 4.79 Å². The first-order valence-corrected chi connectivity index (χ1v) is 4.79. The summed E-state index contributed by atoms with van der Waals surface area (Å²) in [6.07, 6.45) is 0. The van der Waals surface area contributed by atoms with Gasteiger partial charge in [0.25, 0.3) is 0 Å². The molecule has 0 aliphatic heterocycles. The number of nitrogens with two attached hydrogens (primary N) is 2. The molecule has 0 aromatic carbocycles. The van der Waals surface area contributed by atoms with Gasteiger partial charge < -0.3 is 21.9 Å². The van der Waals surface area contributed by atoms with Gasteiger partial charge in [0.2, 0.25) is 0 Å². The lowest BCUT2D eigenvalue weighted by molar-refractivity contribution is -0.137. The number of carbonyl (C=O) groups excluding carboxylic acids is 1. The first-order valence-electron chi connectivity index (χ1n) is 3.63. The van der Waals surface area contributed by atoms with E-state index in [1.807, 2.05) is 0 Å². The van der Waals surface area contributed by atoms with E-state index in [1.54, 1.807) is 0 Å². The number of amides is 2. The fourth-order valence-corrected chi connectivity index (χ4v) is 1.34. The van der Waals surface area contributed by atoms with E-state index in [-0.39, 0.29) is 0 Å². The Morgan fingerprint density at radius 1 is 1.54 bits per heavy atom. The van der Waals surface area contributed by atoms with Crippen LogP contribution in [0.15, 0.2) is 0 Å². The van der Waals surface area contributed by atoms with Crippen molar-refractivity contribution >= 4 is 23.8 Å². The maximum Gasteiger partial charge on any atom is 0.321 e. The minimum atomic E-state index is -1.02. The number of primary amides is 1. The average Bonchev–Trinajstić information content (AvgIpc) is 2.02. The lowest BCUT2D eigenvalue weighted by Crippen LogP contribution is -2.34. The van der Waals surface area contributed by atoms with Crippen LogP contribution in [0.25, 0.3) is 0 Å². The Bertz CT molecular complexity index is 188. The summed E-state index contributed by atoms with van der Waals surface area (Å²) in [6.45, 7) is 0.423. The number of hydrogen-bond donors (Lipinski definition) is 4. The van der Waals surface area contributed by atoms with Gasteiger partial charge in [0, 0.05) is 18.1 Å². The number of thioether (sulfide) groups is 1. The zero-order valence-electron chi connectivity index (χ0n) is 7.03. The van der Waals surface area contributed by atoms with Crippen LogP contribution in [0.5, 0.6) is 0 Å². The van der Waals surface area contributed by atoms with Crippen molar-refractivity contribution in [2.75, 3.05) is 18.1 Å². The van der Waals surface area contributed by atoms with Crippen molar-refractivity contribution in [3.8, 4) is 0 Å². The second-order valence-corrected chi connectivity index (χ2v) is 3.46. The molecule has 1 atom stereocenters. The lowest BCUT2D eigenvalue weighted by atomic mass is 10.4. The molecule has 0 fully saturated rings. The summed E-state index contributed by atoms with van der Waals surface area (Å²) in [6, 6.07) is -1.43. The minimum Gasteiger partial charge on any atom is -0.480 e. The van der Waals surface area contributed by atoms with Crippen molar-refractivity contribution in [3.05, 3.63) is 0 Å². The number of carboxylic acid groups (broad SMARTS) is 1. The van der Waals surface area contributed by atoms with E-state index in [9.17, 15) is 9.59 Å². The third kappa shape index (κ3) is 7.41. The van der Waals surface area contributed by atoms with Crippen LogP contribution >= 0.6 is 11.8 Å². The molecule has 6 nitrogen and oxygen atoms in total. The largest absolute Gasteiger partial charge is 0.480 e. The van der Waals surface area contributed by atoms with E-state index < -0.39 is 18.0 Å². The van der Waals surface area contributed by atoms with Crippen LogP contribution in [0.4, 0.5) is 4.79 Å². The van der Waals surface area contributed by atoms with Crippen LogP contribution in [0, 0.1) is 0 Å². The van der Waals surface area contributed by atoms with Gasteiger partial charge >= 0.3 is 12.0 Å². The fraction of sp³-hybridized carbons (Fsp3) is 0.667. The maximum absolute atomic E-state index is 10.2. The average molecular weight is 207 g/mol. The van der Waals surface area contributed by atoms with E-state index in [0.717, 1.165) is 0 Å². The van der Waals surface area contributed by atoms with E-state index in [1.165, 1.54) is 11.8 Å². The number of aliphatic carboxylic acids is 1. The van der Waals surface area contributed by atoms with E-state index in [0.29, 0.717) is 18.1 Å². The third-order valence-corrected chi connectivity index (χ3v) is 2.25. The first kappa shape index (κ1) is 12.0. The van der Waals surface area contributed by atoms with Gasteiger partial charge in [-0.1, -0.05) is 0 Å². The lowest BCUT2D eigenvalue weighted by Gasteiger charge is -2.05. The van der Waals surface area contributed by atoms with Crippen molar-refractivity contribution < 1.29 is 14.7 Å². The quantitative estimate of drug-likeness (QED) is 0.408. The van der Waals surface area contributed by atoms with Gasteiger partial charge in [-0.05, 0) is 0 Å². The molecule has 13 heavy (non-hydrogen) atoms. The molecule has 6 N–H and O–H groups in total. The van der Waals surface area contributed by atoms with E-state index in [4.69, 9.17) is 16.6 Å². The third-order valence-electron chi connectivity index (χ3n) is 1.16. The molecule has 0 saturated heterocycles. The molecule has 0 radical (unpaired) electrons. The molecule has 0 spiro atoms. The highest BCUT2D eigenvalue weighted by atomic mass is 32.2. The number of hydrogen-bond acceptors (Lipinski definition) is 4. The molecule has 2 amide bonds. The summed E-state index contributed by atoms with van der Waals surface area (Å²) in [5.41, 5.74) is 10.0. The number of urea groups is 1. The molecule has 0 aliphatic carbocycles. The van der Waals surface area contributed by atoms with Gasteiger partial charge in [-0.2, -0.15) is 11.8 Å². The van der Waals surface area contributed by atoms with Crippen LogP contribution in [-0.4, -0.2) is 41.2 Å². The predicted molar refractivity (Wildman–Crippen MR) is 50.5 cm³/mol. The van der Waals surface area contributed by atoms with Gasteiger partial charge in [-0.3, -0.25) is 4.79 Å². The SMILES string of the molecule is NC(=O)NCCSC[C@@H](N)C(=O)O. The van der Waals surface area contributed by atoms with Crippen molar-refractivity contribution in [3.63, 3.8) is 0 Å². The molecular weight excluding hydrogens is 194 g/mol. The Morgan fingerprint density at radius 3 is 2.62 bits per heavy atom. The van der Waals surface area contributed by atoms with E-state index in [2.05, 4.69) is 5.32 Å². The predicted octanol–water partition coefficient (Wildman–Crippen LogP) is -1.20. The molecule has 0 aliphatic rings. The Kier molecular flexibility index (Phi) is 6.07. The standard InChI is InChI=1S/C6H13N3O3S/c7-4(5(10)11)3-13-2-1-9-6(8)12/h4H,1-3,7H2,(H,10,11)(H3,8,9,12)/t4-/m1/s1. The van der Waals surface area contributed by atoms with Gasteiger partial charge in [-0.15, -0.1) is 0 Å². The van der Waals surface area contributed by atoms with Crippen molar-refractivity contribution in [2.45, 2.75) is 6.04 Å². The molecule has 0 aromatic rings. The van der Waals surface area contributed by atoms with Crippen LogP contribution in [0.3, 0.4) is 0 Å². The molecule has 0 unspecified atom stereocenters. The second-order valence-electron chi connectivity index (χ2n) is 2.31. The minimum absolute atomic E-state index is 0.329. The molecule has 0 heterocycles. The Labute approximate surface area is 80.0 Å². The summed E-state index contributed by atoms with van der Waals surface area (Å²) in [4.78, 5) is 20.4. The van der Waals surface area contributed by atoms with Gasteiger partial charge in [0.15, 0.2) is 0 Å². The van der Waals surface area contributed by atoms with E-state index >= 15 is 0 Å².